The quantitative estimate of drug-likeness (QED) is 0.150. The molecule has 0 saturated heterocycles. The highest BCUT2D eigenvalue weighted by Crippen LogP contribution is 2.17. The predicted molar refractivity (Wildman–Crippen MR) is 162 cm³/mol. The number of urea groups is 1. The van der Waals surface area contributed by atoms with Crippen LogP contribution in [0.4, 0.5) is 4.79 Å². The molecule has 0 radical (unpaired) electrons. The zero-order valence-corrected chi connectivity index (χ0v) is 29.7. The van der Waals surface area contributed by atoms with E-state index in [9.17, 15) is 14.4 Å². The Hall–Kier alpha value is -2.03. The van der Waals surface area contributed by atoms with Gasteiger partial charge in [-0.3, -0.25) is 0 Å². The lowest BCUT2D eigenvalue weighted by molar-refractivity contribution is 0.122. The molecule has 1 aromatic rings. The third-order valence-electron chi connectivity index (χ3n) is 6.78. The SMILES string of the molecule is CO[Si](CCCn1c(=O)n(CCC[Si](OC)(OC)OC)c(=O)n(CCC[Si](OC)(OC)OC)c1=O)(OC)OC.NC(N)=O. The first-order valence-electron chi connectivity index (χ1n) is 13.3. The number of carbonyl (C=O) groups excluding carboxylic acids is 1. The van der Waals surface area contributed by atoms with E-state index >= 15 is 0 Å². The molecule has 21 heteroatoms. The number of nitrogens with two attached hydrogens (primary N) is 2. The van der Waals surface area contributed by atoms with Crippen molar-refractivity contribution in [3.05, 3.63) is 31.5 Å². The molecule has 1 rings (SSSR count). The Morgan fingerprint density at radius 1 is 0.488 bits per heavy atom. The van der Waals surface area contributed by atoms with Crippen molar-refractivity contribution < 1.29 is 44.6 Å². The molecule has 0 aliphatic heterocycles. The van der Waals surface area contributed by atoms with Crippen LogP contribution in [0.2, 0.25) is 18.1 Å². The Labute approximate surface area is 254 Å². The molecule has 0 aliphatic rings. The van der Waals surface area contributed by atoms with Crippen LogP contribution in [-0.2, 0) is 59.5 Å². The molecule has 252 valence electrons. The van der Waals surface area contributed by atoms with E-state index in [0.717, 1.165) is 13.7 Å². The van der Waals surface area contributed by atoms with Crippen molar-refractivity contribution in [2.24, 2.45) is 11.5 Å². The van der Waals surface area contributed by atoms with Crippen LogP contribution >= 0.6 is 0 Å². The second-order valence-corrected chi connectivity index (χ2v) is 18.2. The summed E-state index contributed by atoms with van der Waals surface area (Å²) in [6.07, 6.45) is 1.07. The standard InChI is InChI=1S/C21H45N3O12Si3.CH4N2O/c1-28-37(29-2,30-3)16-10-13-22-19(25)23(14-11-17-38(31-4,32-5)33-6)21(27)24(20(22)26)15-12-18-39(34-7,35-8)36-9;2-1(3)4/h10-18H2,1-9H3;(H4,2,3,4). The van der Waals surface area contributed by atoms with Gasteiger partial charge in [0.15, 0.2) is 0 Å². The molecule has 1 aromatic heterocycles. The average Bonchev–Trinajstić information content (AvgIpc) is 3.01. The van der Waals surface area contributed by atoms with Crippen LogP contribution in [0.15, 0.2) is 14.4 Å². The van der Waals surface area contributed by atoms with Crippen molar-refractivity contribution in [2.45, 2.75) is 57.0 Å². The summed E-state index contributed by atoms with van der Waals surface area (Å²) >= 11 is 0. The number of aromatic nitrogens is 3. The van der Waals surface area contributed by atoms with Crippen molar-refractivity contribution in [3.8, 4) is 0 Å². The van der Waals surface area contributed by atoms with Gasteiger partial charge in [-0.25, -0.2) is 32.9 Å². The average molecular weight is 676 g/mol. The fourth-order valence-electron chi connectivity index (χ4n) is 4.29. The maximum Gasteiger partial charge on any atom is 0.500 e. The molecule has 0 spiro atoms. The Morgan fingerprint density at radius 3 is 0.791 bits per heavy atom. The molecule has 0 aromatic carbocycles. The van der Waals surface area contributed by atoms with Crippen LogP contribution in [0, 0.1) is 0 Å². The minimum Gasteiger partial charge on any atom is -0.377 e. The van der Waals surface area contributed by atoms with Crippen LogP contribution in [0.5, 0.6) is 0 Å². The zero-order chi connectivity index (χ0) is 33.3. The molecular formula is C22H49N5O13Si3. The van der Waals surface area contributed by atoms with E-state index in [4.69, 9.17) is 44.6 Å². The van der Waals surface area contributed by atoms with Crippen LogP contribution in [0.1, 0.15) is 19.3 Å². The monoisotopic (exact) mass is 675 g/mol. The lowest BCUT2D eigenvalue weighted by Crippen LogP contribution is -2.55. The Bertz CT molecular complexity index is 948. The molecule has 0 aliphatic carbocycles. The highest BCUT2D eigenvalue weighted by atomic mass is 28.4. The summed E-state index contributed by atoms with van der Waals surface area (Å²) in [5.41, 5.74) is 6.40. The van der Waals surface area contributed by atoms with Crippen molar-refractivity contribution >= 4 is 32.4 Å². The van der Waals surface area contributed by atoms with E-state index < -0.39 is 49.5 Å². The molecule has 0 fully saturated rings. The van der Waals surface area contributed by atoms with E-state index in [1.54, 1.807) is 0 Å². The molecule has 0 atom stereocenters. The third-order valence-corrected chi connectivity index (χ3v) is 15.3. The first-order chi connectivity index (χ1) is 20.3. The van der Waals surface area contributed by atoms with Gasteiger partial charge in [0, 0.05) is 102 Å². The summed E-state index contributed by atoms with van der Waals surface area (Å²) in [4.78, 5) is 49.1. The molecule has 2 amide bonds. The van der Waals surface area contributed by atoms with Crippen molar-refractivity contribution in [1.82, 2.24) is 13.7 Å². The van der Waals surface area contributed by atoms with Crippen molar-refractivity contribution in [2.75, 3.05) is 64.0 Å². The third kappa shape index (κ3) is 11.8. The summed E-state index contributed by atoms with van der Waals surface area (Å²) in [5, 5.41) is 0. The smallest absolute Gasteiger partial charge is 0.377 e. The number of carbonyl (C=O) groups is 1. The summed E-state index contributed by atoms with van der Waals surface area (Å²) in [6.45, 7) is 0.133. The Balaban J connectivity index is 0.00000413. The number of hydrogen-bond donors (Lipinski definition) is 2. The molecule has 0 saturated carbocycles. The molecule has 1 heterocycles. The normalized spacial score (nSPS) is 12.2. The first-order valence-corrected chi connectivity index (χ1v) is 19.1. The lowest BCUT2D eigenvalue weighted by Gasteiger charge is -2.25. The number of nitrogens with zero attached hydrogens (tertiary/aromatic N) is 3. The van der Waals surface area contributed by atoms with E-state index in [2.05, 4.69) is 11.5 Å². The van der Waals surface area contributed by atoms with Crippen LogP contribution in [0.3, 0.4) is 0 Å². The number of amides is 2. The van der Waals surface area contributed by atoms with Gasteiger partial charge in [0.1, 0.15) is 0 Å². The molecule has 0 bridgehead atoms. The summed E-state index contributed by atoms with van der Waals surface area (Å²) in [5.74, 6) is 0. The van der Waals surface area contributed by atoms with Gasteiger partial charge in [0.05, 0.1) is 0 Å². The summed E-state index contributed by atoms with van der Waals surface area (Å²) in [7, 11) is 4.66. The second kappa shape index (κ2) is 20.1. The molecule has 4 N–H and O–H groups in total. The molecular weight excluding hydrogens is 627 g/mol. The topological polar surface area (TPSA) is 218 Å². The summed E-state index contributed by atoms with van der Waals surface area (Å²) in [6, 6.07) is 0.276. The second-order valence-electron chi connectivity index (χ2n) is 8.90. The van der Waals surface area contributed by atoms with Gasteiger partial charge >= 0.3 is 49.5 Å². The molecule has 43 heavy (non-hydrogen) atoms. The van der Waals surface area contributed by atoms with Gasteiger partial charge in [0.2, 0.25) is 0 Å². The van der Waals surface area contributed by atoms with E-state index in [-0.39, 0.29) is 19.6 Å². The van der Waals surface area contributed by atoms with Crippen LogP contribution in [-0.4, -0.2) is 110 Å². The van der Waals surface area contributed by atoms with Crippen molar-refractivity contribution in [1.29, 1.82) is 0 Å². The zero-order valence-electron chi connectivity index (χ0n) is 26.7. The van der Waals surface area contributed by atoms with Gasteiger partial charge in [0.25, 0.3) is 0 Å². The van der Waals surface area contributed by atoms with E-state index in [1.807, 2.05) is 0 Å². The maximum absolute atomic E-state index is 13.4. The minimum absolute atomic E-state index is 0.0442. The molecule has 18 nitrogen and oxygen atoms in total. The largest absolute Gasteiger partial charge is 0.500 e. The van der Waals surface area contributed by atoms with Crippen LogP contribution in [0.25, 0.3) is 0 Å². The number of hydrogen-bond acceptors (Lipinski definition) is 13. The minimum atomic E-state index is -2.92. The predicted octanol–water partition coefficient (Wildman–Crippen LogP) is -1.000. The van der Waals surface area contributed by atoms with E-state index in [1.165, 1.54) is 64.0 Å². The lowest BCUT2D eigenvalue weighted by atomic mass is 10.4. The molecule has 0 unspecified atom stereocenters. The fraction of sp³-hybridized carbons (Fsp3) is 0.818. The van der Waals surface area contributed by atoms with Crippen molar-refractivity contribution in [3.63, 3.8) is 0 Å². The van der Waals surface area contributed by atoms with E-state index in [0.29, 0.717) is 37.4 Å². The van der Waals surface area contributed by atoms with Crippen LogP contribution < -0.4 is 28.5 Å². The Morgan fingerprint density at radius 2 is 0.651 bits per heavy atom. The van der Waals surface area contributed by atoms with Gasteiger partial charge < -0.3 is 51.3 Å². The van der Waals surface area contributed by atoms with Gasteiger partial charge in [-0.15, -0.1) is 0 Å². The number of rotatable bonds is 21. The number of primary amides is 2. The Kier molecular flexibility index (Phi) is 19.1. The maximum atomic E-state index is 13.4. The first kappa shape index (κ1) is 41.0. The summed E-state index contributed by atoms with van der Waals surface area (Å²) < 4.78 is 52.1. The highest BCUT2D eigenvalue weighted by molar-refractivity contribution is 6.61. The van der Waals surface area contributed by atoms with Gasteiger partial charge in [-0.05, 0) is 19.3 Å². The fourth-order valence-corrected chi connectivity index (χ4v) is 9.40. The van der Waals surface area contributed by atoms with Gasteiger partial charge in [-0.1, -0.05) is 0 Å². The van der Waals surface area contributed by atoms with Gasteiger partial charge in [-0.2, -0.15) is 0 Å². The highest BCUT2D eigenvalue weighted by Gasteiger charge is 2.39.